The largest absolute Gasteiger partial charge is 0.468 e. The molecule has 1 saturated heterocycles. The summed E-state index contributed by atoms with van der Waals surface area (Å²) in [6.07, 6.45) is 1.04. The highest BCUT2D eigenvalue weighted by Crippen LogP contribution is 2.37. The number of halogens is 1. The maximum absolute atomic E-state index is 12.6. The molecule has 0 atom stereocenters. The van der Waals surface area contributed by atoms with Gasteiger partial charge in [-0.05, 0) is 43.0 Å². The first-order valence-corrected chi connectivity index (χ1v) is 9.30. The summed E-state index contributed by atoms with van der Waals surface area (Å²) in [5.74, 6) is -0.251. The lowest BCUT2D eigenvalue weighted by molar-refractivity contribution is -0.149. The van der Waals surface area contributed by atoms with Crippen LogP contribution < -0.4 is 5.32 Å². The molecule has 2 aromatic carbocycles. The van der Waals surface area contributed by atoms with Gasteiger partial charge >= 0.3 is 12.0 Å². The Kier molecular flexibility index (Phi) is 5.71. The van der Waals surface area contributed by atoms with E-state index in [4.69, 9.17) is 16.3 Å². The number of likely N-dealkylation sites (tertiary alicyclic amines) is 1. The molecule has 2 aromatic rings. The minimum atomic E-state index is -0.708. The van der Waals surface area contributed by atoms with Gasteiger partial charge in [-0.15, -0.1) is 0 Å². The number of nitrogens with one attached hydrogen (secondary N) is 1. The number of carbonyl (C=O) groups excluding carboxylic acids is 2. The van der Waals surface area contributed by atoms with Crippen molar-refractivity contribution in [1.82, 2.24) is 4.90 Å². The SMILES string of the molecule is COC(=O)C1(c2ccccc2)CCN(C(=O)Nc2ccc(C)c(Cl)c2)CC1. The van der Waals surface area contributed by atoms with Crippen LogP contribution in [0.5, 0.6) is 0 Å². The average molecular weight is 387 g/mol. The molecule has 1 heterocycles. The average Bonchev–Trinajstić information content (AvgIpc) is 2.70. The van der Waals surface area contributed by atoms with E-state index in [0.29, 0.717) is 36.6 Å². The van der Waals surface area contributed by atoms with Gasteiger partial charge in [0.25, 0.3) is 0 Å². The molecule has 0 bridgehead atoms. The van der Waals surface area contributed by atoms with E-state index in [2.05, 4.69) is 5.32 Å². The number of anilines is 1. The fourth-order valence-corrected chi connectivity index (χ4v) is 3.71. The molecule has 0 radical (unpaired) electrons. The zero-order valence-corrected chi connectivity index (χ0v) is 16.3. The molecule has 3 rings (SSSR count). The zero-order chi connectivity index (χ0) is 19.4. The molecule has 0 aliphatic carbocycles. The maximum Gasteiger partial charge on any atom is 0.321 e. The van der Waals surface area contributed by atoms with Crippen LogP contribution in [0, 0.1) is 6.92 Å². The number of rotatable bonds is 3. The van der Waals surface area contributed by atoms with E-state index in [-0.39, 0.29) is 12.0 Å². The highest BCUT2D eigenvalue weighted by molar-refractivity contribution is 6.31. The third-order valence-electron chi connectivity index (χ3n) is 5.23. The predicted octanol–water partition coefficient (Wildman–Crippen LogP) is 4.39. The number of hydrogen-bond donors (Lipinski definition) is 1. The van der Waals surface area contributed by atoms with Crippen LogP contribution in [0.1, 0.15) is 24.0 Å². The summed E-state index contributed by atoms with van der Waals surface area (Å²) in [5, 5.41) is 3.49. The van der Waals surface area contributed by atoms with E-state index >= 15 is 0 Å². The van der Waals surface area contributed by atoms with E-state index in [0.717, 1.165) is 11.1 Å². The highest BCUT2D eigenvalue weighted by Gasteiger charge is 2.44. The van der Waals surface area contributed by atoms with Crippen LogP contribution in [0.25, 0.3) is 0 Å². The van der Waals surface area contributed by atoms with Crippen molar-refractivity contribution < 1.29 is 14.3 Å². The minimum absolute atomic E-state index is 0.193. The van der Waals surface area contributed by atoms with Gasteiger partial charge in [-0.2, -0.15) is 0 Å². The molecule has 0 spiro atoms. The summed E-state index contributed by atoms with van der Waals surface area (Å²) in [5.41, 5.74) is 1.84. The minimum Gasteiger partial charge on any atom is -0.468 e. The molecule has 1 fully saturated rings. The van der Waals surface area contributed by atoms with Gasteiger partial charge in [0, 0.05) is 23.8 Å². The van der Waals surface area contributed by atoms with Crippen LogP contribution in [0.3, 0.4) is 0 Å². The Hall–Kier alpha value is -2.53. The third-order valence-corrected chi connectivity index (χ3v) is 5.64. The number of amides is 2. The molecule has 27 heavy (non-hydrogen) atoms. The third kappa shape index (κ3) is 3.93. The second-order valence-corrected chi connectivity index (χ2v) is 7.23. The zero-order valence-electron chi connectivity index (χ0n) is 15.5. The van der Waals surface area contributed by atoms with Crippen LogP contribution >= 0.6 is 11.6 Å². The maximum atomic E-state index is 12.6. The van der Waals surface area contributed by atoms with Gasteiger partial charge in [0.2, 0.25) is 0 Å². The number of ether oxygens (including phenoxy) is 1. The van der Waals surface area contributed by atoms with Crippen molar-refractivity contribution in [3.8, 4) is 0 Å². The predicted molar refractivity (Wildman–Crippen MR) is 106 cm³/mol. The number of esters is 1. The molecule has 1 aliphatic heterocycles. The Morgan fingerprint density at radius 2 is 1.78 bits per heavy atom. The Morgan fingerprint density at radius 3 is 2.37 bits per heavy atom. The normalized spacial score (nSPS) is 15.9. The summed E-state index contributed by atoms with van der Waals surface area (Å²) in [4.78, 5) is 26.9. The lowest BCUT2D eigenvalue weighted by Gasteiger charge is -2.40. The molecule has 0 saturated carbocycles. The van der Waals surface area contributed by atoms with Gasteiger partial charge in [-0.1, -0.05) is 48.0 Å². The summed E-state index contributed by atoms with van der Waals surface area (Å²) in [6.45, 7) is 2.85. The Morgan fingerprint density at radius 1 is 1.11 bits per heavy atom. The molecular formula is C21H23ClN2O3. The summed E-state index contributed by atoms with van der Waals surface area (Å²) in [6, 6.07) is 14.9. The second-order valence-electron chi connectivity index (χ2n) is 6.82. The molecule has 0 unspecified atom stereocenters. The van der Waals surface area contributed by atoms with Crippen LogP contribution in [-0.4, -0.2) is 37.1 Å². The quantitative estimate of drug-likeness (QED) is 0.796. The van der Waals surface area contributed by atoms with E-state index in [9.17, 15) is 9.59 Å². The van der Waals surface area contributed by atoms with E-state index < -0.39 is 5.41 Å². The van der Waals surface area contributed by atoms with Crippen LogP contribution in [-0.2, 0) is 14.9 Å². The number of hydrogen-bond acceptors (Lipinski definition) is 3. The van der Waals surface area contributed by atoms with Crippen LogP contribution in [0.2, 0.25) is 5.02 Å². The number of methoxy groups -OCH3 is 1. The van der Waals surface area contributed by atoms with Gasteiger partial charge in [0.05, 0.1) is 12.5 Å². The number of urea groups is 1. The lowest BCUT2D eigenvalue weighted by Crippen LogP contribution is -2.50. The van der Waals surface area contributed by atoms with Crippen molar-refractivity contribution in [2.24, 2.45) is 0 Å². The topological polar surface area (TPSA) is 58.6 Å². The first kappa shape index (κ1) is 19.2. The first-order chi connectivity index (χ1) is 13.0. The molecular weight excluding hydrogens is 364 g/mol. The second kappa shape index (κ2) is 8.01. The smallest absolute Gasteiger partial charge is 0.321 e. The number of piperidine rings is 1. The van der Waals surface area contributed by atoms with Gasteiger partial charge in [-0.25, -0.2) is 4.79 Å². The first-order valence-electron chi connectivity index (χ1n) is 8.92. The van der Waals surface area contributed by atoms with Crippen molar-refractivity contribution >= 4 is 29.3 Å². The number of benzene rings is 2. The van der Waals surface area contributed by atoms with E-state index in [1.807, 2.05) is 49.4 Å². The van der Waals surface area contributed by atoms with Gasteiger partial charge in [0.15, 0.2) is 0 Å². The summed E-state index contributed by atoms with van der Waals surface area (Å²) in [7, 11) is 1.41. The molecule has 142 valence electrons. The van der Waals surface area contributed by atoms with E-state index in [1.165, 1.54) is 7.11 Å². The fourth-order valence-electron chi connectivity index (χ4n) is 3.53. The molecule has 6 heteroatoms. The number of carbonyl (C=O) groups is 2. The standard InChI is InChI=1S/C21H23ClN2O3/c1-15-8-9-17(14-18(15)22)23-20(26)24-12-10-21(11-13-24,19(25)27-2)16-6-4-3-5-7-16/h3-9,14H,10-13H2,1-2H3,(H,23,26). The Balaban J connectivity index is 1.71. The van der Waals surface area contributed by atoms with Crippen LogP contribution in [0.15, 0.2) is 48.5 Å². The Bertz CT molecular complexity index is 831. The van der Waals surface area contributed by atoms with Crippen molar-refractivity contribution in [1.29, 1.82) is 0 Å². The molecule has 5 nitrogen and oxygen atoms in total. The number of nitrogens with zero attached hydrogens (tertiary/aromatic N) is 1. The Labute approximate surface area is 164 Å². The van der Waals surface area contributed by atoms with Crippen molar-refractivity contribution in [2.75, 3.05) is 25.5 Å². The molecule has 2 amide bonds. The van der Waals surface area contributed by atoms with Crippen molar-refractivity contribution in [3.63, 3.8) is 0 Å². The molecule has 0 aromatic heterocycles. The van der Waals surface area contributed by atoms with Crippen LogP contribution in [0.4, 0.5) is 10.5 Å². The van der Waals surface area contributed by atoms with Gasteiger partial charge in [-0.3, -0.25) is 4.79 Å². The fraction of sp³-hybridized carbons (Fsp3) is 0.333. The van der Waals surface area contributed by atoms with Gasteiger partial charge < -0.3 is 15.0 Å². The summed E-state index contributed by atoms with van der Waals surface area (Å²) >= 11 is 6.12. The number of aryl methyl sites for hydroxylation is 1. The van der Waals surface area contributed by atoms with Crippen molar-refractivity contribution in [3.05, 3.63) is 64.7 Å². The van der Waals surface area contributed by atoms with E-state index in [1.54, 1.807) is 11.0 Å². The lowest BCUT2D eigenvalue weighted by atomic mass is 9.73. The van der Waals surface area contributed by atoms with Crippen molar-refractivity contribution in [2.45, 2.75) is 25.2 Å². The highest BCUT2D eigenvalue weighted by atomic mass is 35.5. The summed E-state index contributed by atoms with van der Waals surface area (Å²) < 4.78 is 5.09. The van der Waals surface area contributed by atoms with Gasteiger partial charge in [0.1, 0.15) is 0 Å². The molecule has 1 aliphatic rings. The molecule has 1 N–H and O–H groups in total. The monoisotopic (exact) mass is 386 g/mol.